The molecule has 0 aromatic heterocycles. The minimum atomic E-state index is -4.51. The minimum absolute atomic E-state index is 0.0582. The van der Waals surface area contributed by atoms with Crippen LogP contribution in [-0.4, -0.2) is 51.9 Å². The number of carbonyl (C=O) groups excluding carboxylic acids is 1. The number of benzene rings is 1. The van der Waals surface area contributed by atoms with Gasteiger partial charge in [-0.2, -0.15) is 26.3 Å². The number of halogens is 7. The highest BCUT2D eigenvalue weighted by Gasteiger charge is 2.29. The Morgan fingerprint density at radius 3 is 2.03 bits per heavy atom. The maximum atomic E-state index is 12.4. The van der Waals surface area contributed by atoms with Crippen molar-refractivity contribution in [1.29, 1.82) is 0 Å². The Morgan fingerprint density at radius 1 is 1.06 bits per heavy atom. The largest absolute Gasteiger partial charge is 0.495 e. The summed E-state index contributed by atoms with van der Waals surface area (Å²) in [5, 5.41) is 0. The Bertz CT molecular complexity index is 829. The molecule has 0 saturated heterocycles. The first-order chi connectivity index (χ1) is 14.1. The molecule has 2 N–H and O–H groups in total. The van der Waals surface area contributed by atoms with E-state index < -0.39 is 67.2 Å². The van der Waals surface area contributed by atoms with Gasteiger partial charge in [0.1, 0.15) is 10.6 Å². The van der Waals surface area contributed by atoms with Crippen molar-refractivity contribution in [2.45, 2.75) is 42.9 Å². The minimum Gasteiger partial charge on any atom is -0.495 e. The Hall–Kier alpha value is -1.74. The first-order valence-electron chi connectivity index (χ1n) is 8.68. The number of hydrogen-bond acceptors (Lipinski definition) is 4. The van der Waals surface area contributed by atoms with E-state index in [0.717, 1.165) is 0 Å². The number of ether oxygens (including phenoxy) is 1. The first kappa shape index (κ1) is 27.3. The molecular weight excluding hydrogens is 524 g/mol. The van der Waals surface area contributed by atoms with Gasteiger partial charge in [0.05, 0.1) is 7.11 Å². The van der Waals surface area contributed by atoms with Crippen LogP contribution in [0.3, 0.4) is 0 Å². The third kappa shape index (κ3) is 10.4. The predicted octanol–water partition coefficient (Wildman–Crippen LogP) is 4.35. The molecule has 0 aliphatic carbocycles. The summed E-state index contributed by atoms with van der Waals surface area (Å²) < 4.78 is 104. The fraction of sp³-hybridized carbons (Fsp3) is 0.562. The zero-order valence-corrected chi connectivity index (χ0v) is 18.5. The van der Waals surface area contributed by atoms with Gasteiger partial charge < -0.3 is 9.64 Å². The molecule has 0 spiro atoms. The van der Waals surface area contributed by atoms with Crippen LogP contribution in [0.1, 0.15) is 25.7 Å². The van der Waals surface area contributed by atoms with E-state index in [0.29, 0.717) is 9.37 Å². The van der Waals surface area contributed by atoms with Crippen molar-refractivity contribution in [2.24, 2.45) is 0 Å². The third-order valence-corrected chi connectivity index (χ3v) is 5.53. The number of hydrazine groups is 1. The van der Waals surface area contributed by atoms with Crippen LogP contribution in [0.15, 0.2) is 27.6 Å². The normalized spacial score (nSPS) is 12.5. The highest BCUT2D eigenvalue weighted by Crippen LogP contribution is 2.27. The van der Waals surface area contributed by atoms with Crippen molar-refractivity contribution in [3.63, 3.8) is 0 Å². The van der Waals surface area contributed by atoms with Gasteiger partial charge in [-0.05, 0) is 31.0 Å². The summed E-state index contributed by atoms with van der Waals surface area (Å²) in [6.07, 6.45) is -12.6. The second-order valence-corrected chi connectivity index (χ2v) is 8.82. The van der Waals surface area contributed by atoms with Crippen molar-refractivity contribution in [1.82, 2.24) is 15.2 Å². The highest BCUT2D eigenvalue weighted by molar-refractivity contribution is 9.10. The molecule has 0 aliphatic heterocycles. The smallest absolute Gasteiger partial charge is 0.389 e. The monoisotopic (exact) mass is 543 g/mol. The second kappa shape index (κ2) is 11.2. The van der Waals surface area contributed by atoms with Gasteiger partial charge in [0, 0.05) is 30.4 Å². The second-order valence-electron chi connectivity index (χ2n) is 6.26. The van der Waals surface area contributed by atoms with Gasteiger partial charge in [0.25, 0.3) is 10.0 Å². The topological polar surface area (TPSA) is 87.7 Å². The lowest BCUT2D eigenvalue weighted by Gasteiger charge is -2.24. The molecule has 0 radical (unpaired) electrons. The van der Waals surface area contributed by atoms with E-state index in [1.807, 2.05) is 0 Å². The van der Waals surface area contributed by atoms with E-state index in [4.69, 9.17) is 4.74 Å². The molecule has 1 rings (SSSR count). The van der Waals surface area contributed by atoms with E-state index in [1.54, 1.807) is 10.3 Å². The lowest BCUT2D eigenvalue weighted by molar-refractivity contribution is -0.136. The SMILES string of the molecule is COc1ccc(Br)cc1S(=O)(=O)NNC(=O)N(CCCC(F)(F)F)CCCC(F)(F)F. The van der Waals surface area contributed by atoms with Crippen LogP contribution in [-0.2, 0) is 10.0 Å². The summed E-state index contributed by atoms with van der Waals surface area (Å²) in [6, 6.07) is 2.82. The number of methoxy groups -OCH3 is 1. The van der Waals surface area contributed by atoms with Gasteiger partial charge in [-0.3, -0.25) is 5.43 Å². The molecule has 1 aromatic rings. The van der Waals surface area contributed by atoms with Crippen molar-refractivity contribution in [3.05, 3.63) is 22.7 Å². The number of nitrogens with zero attached hydrogens (tertiary/aromatic N) is 1. The Morgan fingerprint density at radius 2 is 1.58 bits per heavy atom. The number of urea groups is 1. The molecular formula is C16H20BrF6N3O4S. The van der Waals surface area contributed by atoms with Gasteiger partial charge in [-0.15, -0.1) is 4.83 Å². The molecule has 0 unspecified atom stereocenters. The zero-order chi connectivity index (χ0) is 23.9. The van der Waals surface area contributed by atoms with Crippen molar-refractivity contribution < 1.29 is 44.3 Å². The molecule has 178 valence electrons. The van der Waals surface area contributed by atoms with Crippen LogP contribution in [0.2, 0.25) is 0 Å². The molecule has 0 atom stereocenters. The van der Waals surface area contributed by atoms with Crippen LogP contribution >= 0.6 is 15.9 Å². The Labute approximate surface area is 183 Å². The number of sulfonamides is 1. The number of hydrogen-bond donors (Lipinski definition) is 2. The number of carbonyl (C=O) groups is 1. The van der Waals surface area contributed by atoms with E-state index >= 15 is 0 Å². The Kier molecular flexibility index (Phi) is 9.88. The molecule has 0 aliphatic rings. The predicted molar refractivity (Wildman–Crippen MR) is 102 cm³/mol. The van der Waals surface area contributed by atoms with E-state index in [9.17, 15) is 39.6 Å². The number of nitrogens with one attached hydrogen (secondary N) is 2. The molecule has 0 fully saturated rings. The quantitative estimate of drug-likeness (QED) is 0.339. The van der Waals surface area contributed by atoms with Gasteiger partial charge >= 0.3 is 18.4 Å². The third-order valence-electron chi connectivity index (χ3n) is 3.77. The summed E-state index contributed by atoms with van der Waals surface area (Å²) in [4.78, 5) is 14.3. The maximum absolute atomic E-state index is 12.4. The molecule has 2 amide bonds. The highest BCUT2D eigenvalue weighted by atomic mass is 79.9. The van der Waals surface area contributed by atoms with Crippen molar-refractivity contribution in [3.8, 4) is 5.75 Å². The fourth-order valence-electron chi connectivity index (χ4n) is 2.36. The standard InChI is InChI=1S/C16H20BrF6N3O4S/c1-30-12-5-4-11(17)10-13(12)31(28,29)25-24-14(27)26(8-2-6-15(18,19)20)9-3-7-16(21,22)23/h4-5,10,25H,2-3,6-9H2,1H3,(H,24,27). The number of rotatable bonds is 10. The van der Waals surface area contributed by atoms with Gasteiger partial charge in [-0.1, -0.05) is 15.9 Å². The van der Waals surface area contributed by atoms with Crippen LogP contribution in [0.4, 0.5) is 31.1 Å². The zero-order valence-electron chi connectivity index (χ0n) is 16.1. The average molecular weight is 544 g/mol. The molecule has 31 heavy (non-hydrogen) atoms. The van der Waals surface area contributed by atoms with Crippen LogP contribution in [0, 0.1) is 0 Å². The number of amides is 2. The molecule has 0 heterocycles. The maximum Gasteiger partial charge on any atom is 0.389 e. The summed E-state index contributed by atoms with van der Waals surface area (Å²) >= 11 is 3.08. The lowest BCUT2D eigenvalue weighted by Crippen LogP contribution is -2.49. The van der Waals surface area contributed by atoms with Crippen LogP contribution in [0.25, 0.3) is 0 Å². The van der Waals surface area contributed by atoms with Gasteiger partial charge in [-0.25, -0.2) is 13.2 Å². The average Bonchev–Trinajstić information content (AvgIpc) is 2.63. The fourth-order valence-corrected chi connectivity index (χ4v) is 3.90. The van der Waals surface area contributed by atoms with Gasteiger partial charge in [0.2, 0.25) is 0 Å². The summed E-state index contributed by atoms with van der Waals surface area (Å²) in [5.41, 5.74) is 1.80. The summed E-state index contributed by atoms with van der Waals surface area (Å²) in [7, 11) is -3.15. The molecule has 7 nitrogen and oxygen atoms in total. The molecule has 0 bridgehead atoms. The summed E-state index contributed by atoms with van der Waals surface area (Å²) in [6.45, 7) is -1.05. The number of alkyl halides is 6. The summed E-state index contributed by atoms with van der Waals surface area (Å²) in [5.74, 6) is -0.0582. The van der Waals surface area contributed by atoms with Crippen molar-refractivity contribution in [2.75, 3.05) is 20.2 Å². The van der Waals surface area contributed by atoms with Gasteiger partial charge in [0.15, 0.2) is 0 Å². The molecule has 1 aromatic carbocycles. The van der Waals surface area contributed by atoms with E-state index in [2.05, 4.69) is 15.9 Å². The lowest BCUT2D eigenvalue weighted by atomic mass is 10.2. The molecule has 0 saturated carbocycles. The molecule has 15 heteroatoms. The first-order valence-corrected chi connectivity index (χ1v) is 11.0. The van der Waals surface area contributed by atoms with E-state index in [1.165, 1.54) is 25.3 Å². The van der Waals surface area contributed by atoms with Crippen molar-refractivity contribution >= 4 is 32.0 Å². The Balaban J connectivity index is 2.84. The van der Waals surface area contributed by atoms with Crippen LogP contribution < -0.4 is 15.0 Å². The van der Waals surface area contributed by atoms with E-state index in [-0.39, 0.29) is 10.6 Å². The van der Waals surface area contributed by atoms with Crippen LogP contribution in [0.5, 0.6) is 5.75 Å².